The number of anilines is 1. The van der Waals surface area contributed by atoms with Crippen molar-refractivity contribution >= 4 is 40.5 Å². The van der Waals surface area contributed by atoms with E-state index in [-0.39, 0.29) is 0 Å². The van der Waals surface area contributed by atoms with Gasteiger partial charge in [0, 0.05) is 6.04 Å². The third kappa shape index (κ3) is 3.44. The average Bonchev–Trinajstić information content (AvgIpc) is 2.21. The summed E-state index contributed by atoms with van der Waals surface area (Å²) in [5.41, 5.74) is 0.847. The fraction of sp³-hybridized carbons (Fsp3) is 0.455. The standard InChI is InChI=1S/C11H14Cl3N/c1-3-7(4-2)15-11-6-9(13)8(12)5-10(11)14/h5-7,15H,3-4H2,1-2H3. The van der Waals surface area contributed by atoms with Gasteiger partial charge in [-0.15, -0.1) is 0 Å². The maximum atomic E-state index is 6.05. The lowest BCUT2D eigenvalue weighted by Crippen LogP contribution is -2.17. The summed E-state index contributed by atoms with van der Waals surface area (Å²) in [4.78, 5) is 0. The zero-order chi connectivity index (χ0) is 11.4. The van der Waals surface area contributed by atoms with Gasteiger partial charge in [-0.05, 0) is 25.0 Å². The van der Waals surface area contributed by atoms with Gasteiger partial charge in [-0.25, -0.2) is 0 Å². The van der Waals surface area contributed by atoms with Crippen LogP contribution in [0.25, 0.3) is 0 Å². The lowest BCUT2D eigenvalue weighted by molar-refractivity contribution is 0.672. The summed E-state index contributed by atoms with van der Waals surface area (Å²) in [5.74, 6) is 0. The highest BCUT2D eigenvalue weighted by Crippen LogP contribution is 2.32. The van der Waals surface area contributed by atoms with Gasteiger partial charge in [0.25, 0.3) is 0 Å². The van der Waals surface area contributed by atoms with Gasteiger partial charge < -0.3 is 5.32 Å². The minimum absolute atomic E-state index is 0.416. The average molecular weight is 267 g/mol. The first-order chi connectivity index (χ1) is 7.08. The van der Waals surface area contributed by atoms with E-state index in [1.165, 1.54) is 0 Å². The molecule has 0 aromatic heterocycles. The fourth-order valence-electron chi connectivity index (χ4n) is 1.35. The van der Waals surface area contributed by atoms with E-state index in [2.05, 4.69) is 19.2 Å². The van der Waals surface area contributed by atoms with Gasteiger partial charge in [0.2, 0.25) is 0 Å². The molecule has 0 radical (unpaired) electrons. The Labute approximate surface area is 106 Å². The third-order valence-electron chi connectivity index (χ3n) is 2.36. The van der Waals surface area contributed by atoms with E-state index in [0.717, 1.165) is 18.5 Å². The summed E-state index contributed by atoms with van der Waals surface area (Å²) in [6.45, 7) is 4.26. The molecular formula is C11H14Cl3N. The summed E-state index contributed by atoms with van der Waals surface area (Å²) in [6, 6.07) is 3.85. The Morgan fingerprint density at radius 1 is 1.00 bits per heavy atom. The van der Waals surface area contributed by atoms with Crippen LogP contribution in [0.1, 0.15) is 26.7 Å². The summed E-state index contributed by atoms with van der Waals surface area (Å²) in [7, 11) is 0. The Hall–Kier alpha value is -0.110. The van der Waals surface area contributed by atoms with E-state index in [1.54, 1.807) is 12.1 Å². The lowest BCUT2D eigenvalue weighted by atomic mass is 10.1. The fourth-order valence-corrected chi connectivity index (χ4v) is 1.95. The van der Waals surface area contributed by atoms with Crippen molar-refractivity contribution in [1.82, 2.24) is 0 Å². The molecule has 1 aromatic carbocycles. The van der Waals surface area contributed by atoms with Crippen molar-refractivity contribution < 1.29 is 0 Å². The Morgan fingerprint density at radius 3 is 2.07 bits per heavy atom. The van der Waals surface area contributed by atoms with Gasteiger partial charge in [-0.1, -0.05) is 48.7 Å². The second-order valence-corrected chi connectivity index (χ2v) is 4.63. The van der Waals surface area contributed by atoms with Crippen LogP contribution in [0.3, 0.4) is 0 Å². The monoisotopic (exact) mass is 265 g/mol. The first kappa shape index (κ1) is 13.0. The van der Waals surface area contributed by atoms with Crippen LogP contribution in [0.4, 0.5) is 5.69 Å². The lowest BCUT2D eigenvalue weighted by Gasteiger charge is -2.17. The Kier molecular flexibility index (Phi) is 5.04. The van der Waals surface area contributed by atoms with Crippen molar-refractivity contribution in [1.29, 1.82) is 0 Å². The molecule has 0 bridgehead atoms. The predicted molar refractivity (Wildman–Crippen MR) is 69.5 cm³/mol. The van der Waals surface area contributed by atoms with Crippen molar-refractivity contribution in [2.75, 3.05) is 5.32 Å². The molecule has 84 valence electrons. The Morgan fingerprint density at radius 2 is 1.53 bits per heavy atom. The van der Waals surface area contributed by atoms with Gasteiger partial charge in [0.1, 0.15) is 0 Å². The predicted octanol–water partition coefficient (Wildman–Crippen LogP) is 5.25. The summed E-state index contributed by atoms with van der Waals surface area (Å²) in [6.07, 6.45) is 2.10. The van der Waals surface area contributed by atoms with Crippen LogP contribution < -0.4 is 5.32 Å². The van der Waals surface area contributed by atoms with E-state index in [0.29, 0.717) is 21.1 Å². The smallest absolute Gasteiger partial charge is 0.0653 e. The van der Waals surface area contributed by atoms with Crippen LogP contribution in [0, 0.1) is 0 Å². The van der Waals surface area contributed by atoms with Crippen LogP contribution in [0.5, 0.6) is 0 Å². The Bertz CT molecular complexity index is 335. The van der Waals surface area contributed by atoms with E-state index in [4.69, 9.17) is 34.8 Å². The molecule has 4 heteroatoms. The van der Waals surface area contributed by atoms with Crippen molar-refractivity contribution in [3.8, 4) is 0 Å². The number of hydrogen-bond acceptors (Lipinski definition) is 1. The van der Waals surface area contributed by atoms with Gasteiger partial charge >= 0.3 is 0 Å². The summed E-state index contributed by atoms with van der Waals surface area (Å²) >= 11 is 17.8. The Balaban J connectivity index is 2.89. The SMILES string of the molecule is CCC(CC)Nc1cc(Cl)c(Cl)cc1Cl. The molecule has 1 nitrogen and oxygen atoms in total. The molecule has 0 heterocycles. The zero-order valence-electron chi connectivity index (χ0n) is 8.78. The molecule has 1 N–H and O–H groups in total. The summed E-state index contributed by atoms with van der Waals surface area (Å²) < 4.78 is 0. The molecule has 15 heavy (non-hydrogen) atoms. The van der Waals surface area contributed by atoms with E-state index < -0.39 is 0 Å². The van der Waals surface area contributed by atoms with Gasteiger partial charge in [0.05, 0.1) is 20.8 Å². The molecule has 0 amide bonds. The van der Waals surface area contributed by atoms with Crippen LogP contribution in [-0.4, -0.2) is 6.04 Å². The van der Waals surface area contributed by atoms with Crippen molar-refractivity contribution in [3.05, 3.63) is 27.2 Å². The van der Waals surface area contributed by atoms with Crippen molar-refractivity contribution in [3.63, 3.8) is 0 Å². The molecule has 0 saturated heterocycles. The molecule has 1 aromatic rings. The molecule has 0 aliphatic heterocycles. The van der Waals surface area contributed by atoms with Crippen LogP contribution in [0.15, 0.2) is 12.1 Å². The van der Waals surface area contributed by atoms with Gasteiger partial charge in [-0.3, -0.25) is 0 Å². The molecule has 0 spiro atoms. The highest BCUT2D eigenvalue weighted by atomic mass is 35.5. The number of benzene rings is 1. The van der Waals surface area contributed by atoms with Crippen molar-refractivity contribution in [2.45, 2.75) is 32.7 Å². The van der Waals surface area contributed by atoms with Crippen LogP contribution in [0.2, 0.25) is 15.1 Å². The molecular weight excluding hydrogens is 252 g/mol. The van der Waals surface area contributed by atoms with E-state index >= 15 is 0 Å². The minimum atomic E-state index is 0.416. The molecule has 0 fully saturated rings. The van der Waals surface area contributed by atoms with Crippen LogP contribution in [-0.2, 0) is 0 Å². The first-order valence-electron chi connectivity index (χ1n) is 4.99. The molecule has 0 unspecified atom stereocenters. The van der Waals surface area contributed by atoms with Gasteiger partial charge in [-0.2, -0.15) is 0 Å². The zero-order valence-corrected chi connectivity index (χ0v) is 11.0. The minimum Gasteiger partial charge on any atom is -0.381 e. The largest absolute Gasteiger partial charge is 0.381 e. The van der Waals surface area contributed by atoms with Gasteiger partial charge in [0.15, 0.2) is 0 Å². The third-order valence-corrected chi connectivity index (χ3v) is 3.39. The molecule has 1 rings (SSSR count). The molecule has 0 saturated carbocycles. The van der Waals surface area contributed by atoms with Crippen LogP contribution >= 0.6 is 34.8 Å². The number of rotatable bonds is 4. The highest BCUT2D eigenvalue weighted by molar-refractivity contribution is 6.44. The maximum Gasteiger partial charge on any atom is 0.0653 e. The second-order valence-electron chi connectivity index (χ2n) is 3.40. The number of hydrogen-bond donors (Lipinski definition) is 1. The highest BCUT2D eigenvalue weighted by Gasteiger charge is 2.09. The maximum absolute atomic E-state index is 6.05. The quantitative estimate of drug-likeness (QED) is 0.734. The molecule has 0 aliphatic carbocycles. The van der Waals surface area contributed by atoms with Crippen molar-refractivity contribution in [2.24, 2.45) is 0 Å². The number of nitrogens with one attached hydrogen (secondary N) is 1. The topological polar surface area (TPSA) is 12.0 Å². The van der Waals surface area contributed by atoms with E-state index in [9.17, 15) is 0 Å². The normalized spacial score (nSPS) is 10.8. The number of halogens is 3. The second kappa shape index (κ2) is 5.83. The van der Waals surface area contributed by atoms with E-state index in [1.807, 2.05) is 0 Å². The molecule has 0 aliphatic rings. The summed E-state index contributed by atoms with van der Waals surface area (Å²) in [5, 5.41) is 4.95. The first-order valence-corrected chi connectivity index (χ1v) is 6.12. The molecule has 0 atom stereocenters.